The Morgan fingerprint density at radius 1 is 1.22 bits per heavy atom. The number of aromatic nitrogens is 5. The SMILES string of the molecule is CNc1cc(-c2cn(C3CCOCC3)c3ncccc23)nc2c(C(=O)N[C@H]3CCCC[C@]3(C)O)cnn12. The van der Waals surface area contributed by atoms with Crippen LogP contribution in [0.4, 0.5) is 5.82 Å². The molecule has 2 atom stereocenters. The molecule has 4 aromatic rings. The number of fused-ring (bicyclic) bond motifs is 2. The minimum Gasteiger partial charge on any atom is -0.388 e. The van der Waals surface area contributed by atoms with E-state index in [1.807, 2.05) is 25.4 Å². The summed E-state index contributed by atoms with van der Waals surface area (Å²) in [7, 11) is 1.83. The molecule has 2 fully saturated rings. The molecule has 0 aromatic carbocycles. The lowest BCUT2D eigenvalue weighted by molar-refractivity contribution is -0.00860. The van der Waals surface area contributed by atoms with Crippen LogP contribution in [0.2, 0.25) is 0 Å². The van der Waals surface area contributed by atoms with Gasteiger partial charge in [-0.2, -0.15) is 9.61 Å². The largest absolute Gasteiger partial charge is 0.388 e. The molecule has 0 radical (unpaired) electrons. The first-order valence-corrected chi connectivity index (χ1v) is 13.1. The van der Waals surface area contributed by atoms with Gasteiger partial charge in [-0.05, 0) is 44.7 Å². The minimum atomic E-state index is -0.926. The van der Waals surface area contributed by atoms with Gasteiger partial charge in [0.15, 0.2) is 5.65 Å². The van der Waals surface area contributed by atoms with Crippen molar-refractivity contribution in [1.82, 2.24) is 29.5 Å². The lowest BCUT2D eigenvalue weighted by Crippen LogP contribution is -2.52. The summed E-state index contributed by atoms with van der Waals surface area (Å²) in [6.07, 6.45) is 10.7. The number of hydrogen-bond acceptors (Lipinski definition) is 7. The summed E-state index contributed by atoms with van der Waals surface area (Å²) in [4.78, 5) is 23.0. The van der Waals surface area contributed by atoms with Gasteiger partial charge in [0.25, 0.3) is 5.91 Å². The molecular formula is C27H33N7O3. The number of nitrogens with one attached hydrogen (secondary N) is 2. The van der Waals surface area contributed by atoms with E-state index in [1.165, 1.54) is 0 Å². The van der Waals surface area contributed by atoms with Gasteiger partial charge in [0.1, 0.15) is 17.0 Å². The molecule has 5 heterocycles. The van der Waals surface area contributed by atoms with E-state index in [-0.39, 0.29) is 11.9 Å². The van der Waals surface area contributed by atoms with E-state index < -0.39 is 5.60 Å². The van der Waals surface area contributed by atoms with Gasteiger partial charge < -0.3 is 25.0 Å². The van der Waals surface area contributed by atoms with Crippen molar-refractivity contribution in [3.8, 4) is 11.3 Å². The van der Waals surface area contributed by atoms with Crippen LogP contribution in [0.15, 0.2) is 36.8 Å². The number of ether oxygens (including phenoxy) is 1. The Balaban J connectivity index is 1.43. The molecule has 1 amide bonds. The first-order valence-electron chi connectivity index (χ1n) is 13.1. The van der Waals surface area contributed by atoms with Gasteiger partial charge in [-0.15, -0.1) is 0 Å². The van der Waals surface area contributed by atoms with Crippen LogP contribution in [0.1, 0.15) is 61.8 Å². The molecular weight excluding hydrogens is 470 g/mol. The maximum absolute atomic E-state index is 13.4. The third-order valence-corrected chi connectivity index (χ3v) is 7.90. The Hall–Kier alpha value is -3.50. The van der Waals surface area contributed by atoms with Crippen LogP contribution >= 0.6 is 0 Å². The number of rotatable bonds is 5. The van der Waals surface area contributed by atoms with Gasteiger partial charge in [-0.1, -0.05) is 12.8 Å². The van der Waals surface area contributed by atoms with Crippen molar-refractivity contribution >= 4 is 28.4 Å². The normalized spacial score (nSPS) is 22.9. The van der Waals surface area contributed by atoms with Crippen molar-refractivity contribution in [1.29, 1.82) is 0 Å². The molecule has 6 rings (SSSR count). The Morgan fingerprint density at radius 3 is 2.84 bits per heavy atom. The zero-order valence-corrected chi connectivity index (χ0v) is 21.3. The van der Waals surface area contributed by atoms with Crippen LogP contribution in [0.25, 0.3) is 27.9 Å². The van der Waals surface area contributed by atoms with Gasteiger partial charge >= 0.3 is 0 Å². The van der Waals surface area contributed by atoms with E-state index in [1.54, 1.807) is 17.6 Å². The number of pyridine rings is 1. The fraction of sp³-hybridized carbons (Fsp3) is 0.481. The first-order chi connectivity index (χ1) is 18.0. The van der Waals surface area contributed by atoms with Gasteiger partial charge in [0.2, 0.25) is 0 Å². The van der Waals surface area contributed by atoms with Crippen molar-refractivity contribution in [2.45, 2.75) is 63.1 Å². The van der Waals surface area contributed by atoms with Gasteiger partial charge in [0.05, 0.1) is 23.5 Å². The maximum Gasteiger partial charge on any atom is 0.257 e. The summed E-state index contributed by atoms with van der Waals surface area (Å²) >= 11 is 0. The van der Waals surface area contributed by atoms with Crippen LogP contribution in [0.5, 0.6) is 0 Å². The molecule has 0 unspecified atom stereocenters. The summed E-state index contributed by atoms with van der Waals surface area (Å²) in [5, 5.41) is 22.5. The van der Waals surface area contributed by atoms with Crippen LogP contribution in [0, 0.1) is 0 Å². The van der Waals surface area contributed by atoms with E-state index in [9.17, 15) is 9.90 Å². The van der Waals surface area contributed by atoms with E-state index in [0.29, 0.717) is 23.7 Å². The standard InChI is InChI=1S/C27H33N7O3/c1-27(36)10-4-3-7-22(27)32-26(35)19-15-30-34-23(28-2)14-21(31-25(19)34)20-16-33(17-8-12-37-13-9-17)24-18(20)6-5-11-29-24/h5-6,11,14-17,22,28,36H,3-4,7-10,12-13H2,1-2H3,(H,32,35)/t22-,27-/m0/s1. The lowest BCUT2D eigenvalue weighted by atomic mass is 9.81. The topological polar surface area (TPSA) is 119 Å². The number of carbonyl (C=O) groups is 1. The van der Waals surface area contributed by atoms with Crippen LogP contribution in [-0.2, 0) is 4.74 Å². The van der Waals surface area contributed by atoms with Crippen molar-refractivity contribution in [2.24, 2.45) is 0 Å². The van der Waals surface area contributed by atoms with Crippen molar-refractivity contribution in [3.63, 3.8) is 0 Å². The number of amides is 1. The predicted molar refractivity (Wildman–Crippen MR) is 141 cm³/mol. The number of anilines is 1. The molecule has 194 valence electrons. The zero-order chi connectivity index (χ0) is 25.6. The zero-order valence-electron chi connectivity index (χ0n) is 21.3. The van der Waals surface area contributed by atoms with E-state index in [4.69, 9.17) is 14.7 Å². The van der Waals surface area contributed by atoms with Crippen molar-refractivity contribution in [2.75, 3.05) is 25.6 Å². The van der Waals surface area contributed by atoms with Gasteiger partial charge in [-0.3, -0.25) is 4.79 Å². The molecule has 1 aliphatic carbocycles. The number of aliphatic hydroxyl groups is 1. The highest BCUT2D eigenvalue weighted by Crippen LogP contribution is 2.35. The highest BCUT2D eigenvalue weighted by molar-refractivity contribution is 6.01. The molecule has 4 aromatic heterocycles. The van der Waals surface area contributed by atoms with Crippen LogP contribution in [0.3, 0.4) is 0 Å². The monoisotopic (exact) mass is 503 g/mol. The smallest absolute Gasteiger partial charge is 0.257 e. The second-order valence-electron chi connectivity index (χ2n) is 10.4. The summed E-state index contributed by atoms with van der Waals surface area (Å²) in [6.45, 7) is 3.27. The van der Waals surface area contributed by atoms with E-state index in [0.717, 1.165) is 73.4 Å². The second-order valence-corrected chi connectivity index (χ2v) is 10.4. The quantitative estimate of drug-likeness (QED) is 0.381. The molecule has 10 nitrogen and oxygen atoms in total. The maximum atomic E-state index is 13.4. The van der Waals surface area contributed by atoms with Crippen molar-refractivity contribution in [3.05, 3.63) is 42.4 Å². The fourth-order valence-corrected chi connectivity index (χ4v) is 5.75. The van der Waals surface area contributed by atoms with E-state index in [2.05, 4.69) is 32.6 Å². The fourth-order valence-electron chi connectivity index (χ4n) is 5.75. The molecule has 10 heteroatoms. The molecule has 2 aliphatic rings. The second kappa shape index (κ2) is 9.42. The molecule has 1 saturated heterocycles. The van der Waals surface area contributed by atoms with Gasteiger partial charge in [-0.25, -0.2) is 9.97 Å². The molecule has 0 spiro atoms. The molecule has 0 bridgehead atoms. The molecule has 37 heavy (non-hydrogen) atoms. The summed E-state index contributed by atoms with van der Waals surface area (Å²) in [6, 6.07) is 5.95. The lowest BCUT2D eigenvalue weighted by Gasteiger charge is -2.37. The highest BCUT2D eigenvalue weighted by Gasteiger charge is 2.36. The number of nitrogens with zero attached hydrogens (tertiary/aromatic N) is 5. The third-order valence-electron chi connectivity index (χ3n) is 7.90. The first kappa shape index (κ1) is 23.9. The van der Waals surface area contributed by atoms with E-state index >= 15 is 0 Å². The third kappa shape index (κ3) is 4.23. The number of hydrogen-bond donors (Lipinski definition) is 3. The Morgan fingerprint density at radius 2 is 2.05 bits per heavy atom. The Kier molecular flexibility index (Phi) is 6.08. The van der Waals surface area contributed by atoms with Crippen molar-refractivity contribution < 1.29 is 14.6 Å². The summed E-state index contributed by atoms with van der Waals surface area (Å²) < 4.78 is 9.47. The molecule has 3 N–H and O–H groups in total. The van der Waals surface area contributed by atoms with Crippen LogP contribution in [-0.4, -0.2) is 67.1 Å². The van der Waals surface area contributed by atoms with Crippen LogP contribution < -0.4 is 10.6 Å². The summed E-state index contributed by atoms with van der Waals surface area (Å²) in [5.41, 5.74) is 2.53. The van der Waals surface area contributed by atoms with Gasteiger partial charge in [0, 0.05) is 55.7 Å². The average Bonchev–Trinajstić information content (AvgIpc) is 3.52. The minimum absolute atomic E-state index is 0.278. The molecule has 1 saturated carbocycles. The Labute approximate surface area is 215 Å². The number of carbonyl (C=O) groups excluding carboxylic acids is 1. The average molecular weight is 504 g/mol. The summed E-state index contributed by atoms with van der Waals surface area (Å²) in [5.74, 6) is 0.444. The molecule has 1 aliphatic heterocycles. The highest BCUT2D eigenvalue weighted by atomic mass is 16.5. The Bertz CT molecular complexity index is 1450. The predicted octanol–water partition coefficient (Wildman–Crippen LogP) is 3.56.